The van der Waals surface area contributed by atoms with Crippen LogP contribution in [0.4, 0.5) is 0 Å². The summed E-state index contributed by atoms with van der Waals surface area (Å²) in [5.74, 6) is 2.93. The Morgan fingerprint density at radius 3 is 1.88 bits per heavy atom. The molecule has 0 aromatic carbocycles. The van der Waals surface area contributed by atoms with Crippen molar-refractivity contribution in [1.29, 1.82) is 0 Å². The van der Waals surface area contributed by atoms with Crippen LogP contribution in [0.25, 0.3) is 0 Å². The van der Waals surface area contributed by atoms with E-state index in [0.29, 0.717) is 36.5 Å². The molecule has 0 amide bonds. The summed E-state index contributed by atoms with van der Waals surface area (Å²) in [6.45, 7) is 7.42. The van der Waals surface area contributed by atoms with Crippen molar-refractivity contribution < 1.29 is 94.4 Å². The highest BCUT2D eigenvalue weighted by Gasteiger charge is 2.63. The van der Waals surface area contributed by atoms with E-state index in [0.717, 1.165) is 57.1 Å². The van der Waals surface area contributed by atoms with Gasteiger partial charge in [-0.2, -0.15) is 0 Å². The number of allylic oxidation sites excluding steroid dienone is 1. The fourth-order valence-corrected chi connectivity index (χ4v) is 14.0. The van der Waals surface area contributed by atoms with E-state index in [2.05, 4.69) is 20.8 Å². The molecule has 26 unspecified atom stereocenters. The van der Waals surface area contributed by atoms with Crippen LogP contribution in [-0.4, -0.2) is 198 Å². The van der Waals surface area contributed by atoms with Gasteiger partial charge in [0.2, 0.25) is 0 Å². The molecule has 8 aliphatic rings. The molecule has 65 heavy (non-hydrogen) atoms. The molecule has 12 N–H and O–H groups in total. The quantitative estimate of drug-likeness (QED) is 0.0939. The highest BCUT2D eigenvalue weighted by molar-refractivity contribution is 5.25. The number of fused-ring (bicyclic) bond motifs is 7. The molecule has 0 radical (unpaired) electrons. The van der Waals surface area contributed by atoms with Crippen molar-refractivity contribution >= 4 is 0 Å². The van der Waals surface area contributed by atoms with Gasteiger partial charge >= 0.3 is 0 Å². The van der Waals surface area contributed by atoms with Crippen molar-refractivity contribution in [3.63, 3.8) is 0 Å². The zero-order chi connectivity index (χ0) is 46.9. The van der Waals surface area contributed by atoms with Crippen LogP contribution in [-0.2, 0) is 33.2 Å². The van der Waals surface area contributed by atoms with E-state index in [9.17, 15) is 61.3 Å². The summed E-state index contributed by atoms with van der Waals surface area (Å²) in [4.78, 5) is 0. The summed E-state index contributed by atoms with van der Waals surface area (Å²) in [5, 5.41) is 125. The van der Waals surface area contributed by atoms with E-state index < -0.39 is 124 Å². The molecule has 0 aromatic heterocycles. The lowest BCUT2D eigenvalue weighted by Crippen LogP contribution is -2.65. The van der Waals surface area contributed by atoms with E-state index in [1.165, 1.54) is 5.57 Å². The van der Waals surface area contributed by atoms with Crippen LogP contribution in [0.15, 0.2) is 11.3 Å². The second kappa shape index (κ2) is 19.9. The van der Waals surface area contributed by atoms with Gasteiger partial charge in [0.05, 0.1) is 44.4 Å². The Labute approximate surface area is 380 Å². The summed E-state index contributed by atoms with van der Waals surface area (Å²) < 4.78 is 41.9. The maximum Gasteiger partial charge on any atom is 0.187 e. The van der Waals surface area contributed by atoms with E-state index in [-0.39, 0.29) is 35.4 Å². The highest BCUT2D eigenvalue weighted by atomic mass is 16.8. The van der Waals surface area contributed by atoms with E-state index >= 15 is 0 Å². The Kier molecular flexibility index (Phi) is 15.4. The van der Waals surface area contributed by atoms with Gasteiger partial charge in [-0.3, -0.25) is 0 Å². The predicted molar refractivity (Wildman–Crippen MR) is 224 cm³/mol. The summed E-state index contributed by atoms with van der Waals surface area (Å²) in [6.07, 6.45) is -15.3. The standard InChI is InChI=1S/C46H76O19/c1-19(18-59-42-39(57)36(54)33(51)29(15-47)62-42)5-9-26-20(2)32-27(60-26)10-8-23-22-7-6-21-13-28(25(50)14-46(21,4)24(22)11-12-45(23,32)3)61-44-41(38(56)35(53)31(17-49)64-44)65-43-40(58)37(55)34(52)30(16-48)63-43/h19,21-25,27-44,47-58H,5-18H2,1-4H3. The van der Waals surface area contributed by atoms with Gasteiger partial charge in [0.1, 0.15) is 79.4 Å². The van der Waals surface area contributed by atoms with Crippen LogP contribution in [0.3, 0.4) is 0 Å². The molecule has 7 fully saturated rings. The lowest BCUT2D eigenvalue weighted by Gasteiger charge is -2.64. The minimum absolute atomic E-state index is 0.0405. The first-order valence-electron chi connectivity index (χ1n) is 24.1. The molecule has 19 heteroatoms. The topological polar surface area (TPSA) is 307 Å². The molecular weight excluding hydrogens is 856 g/mol. The molecule has 8 rings (SSSR count). The highest BCUT2D eigenvalue weighted by Crippen LogP contribution is 2.68. The number of hydrogen-bond donors (Lipinski definition) is 12. The zero-order valence-corrected chi connectivity index (χ0v) is 38.0. The SMILES string of the molecule is CC1=C(CCC(C)COC2OC(CO)C(O)C(O)C2O)OC2CCC3C4CCC5CC(OC6OC(CO)C(O)C(O)C6OC6OC(CO)C(O)C(O)C6O)C(O)CC5(C)C4CCC3(C)C12. The number of hydrogen-bond acceptors (Lipinski definition) is 19. The van der Waals surface area contributed by atoms with Crippen LogP contribution in [0.1, 0.15) is 91.9 Å². The smallest absolute Gasteiger partial charge is 0.187 e. The molecule has 0 bridgehead atoms. The maximum absolute atomic E-state index is 11.9. The van der Waals surface area contributed by atoms with Crippen LogP contribution in [0.5, 0.6) is 0 Å². The van der Waals surface area contributed by atoms with E-state index in [4.69, 9.17) is 33.2 Å². The monoisotopic (exact) mass is 932 g/mol. The van der Waals surface area contributed by atoms with Crippen LogP contribution >= 0.6 is 0 Å². The largest absolute Gasteiger partial charge is 0.494 e. The Bertz CT molecular complexity index is 1640. The number of aliphatic hydroxyl groups excluding tert-OH is 12. The normalized spacial score (nSPS) is 52.8. The van der Waals surface area contributed by atoms with Gasteiger partial charge in [0, 0.05) is 12.3 Å². The first kappa shape index (κ1) is 50.2. The molecule has 3 saturated heterocycles. The third-order valence-electron chi connectivity index (χ3n) is 17.7. The molecule has 4 aliphatic heterocycles. The lowest BCUT2D eigenvalue weighted by atomic mass is 9.41. The summed E-state index contributed by atoms with van der Waals surface area (Å²) >= 11 is 0. The zero-order valence-electron chi connectivity index (χ0n) is 38.0. The molecule has 26 atom stereocenters. The number of aliphatic hydroxyl groups is 12. The van der Waals surface area contributed by atoms with E-state index in [1.54, 1.807) is 0 Å². The molecule has 0 spiro atoms. The Hall–Kier alpha value is -1.18. The Balaban J connectivity index is 0.899. The van der Waals surface area contributed by atoms with Gasteiger partial charge in [-0.15, -0.1) is 0 Å². The van der Waals surface area contributed by atoms with Gasteiger partial charge in [-0.1, -0.05) is 20.8 Å². The molecule has 0 aromatic rings. The van der Waals surface area contributed by atoms with E-state index in [1.807, 2.05) is 6.92 Å². The van der Waals surface area contributed by atoms with Gasteiger partial charge in [-0.05, 0) is 111 Å². The predicted octanol–water partition coefficient (Wildman–Crippen LogP) is -1.47. The van der Waals surface area contributed by atoms with Gasteiger partial charge in [0.25, 0.3) is 0 Å². The van der Waals surface area contributed by atoms with Gasteiger partial charge in [-0.25, -0.2) is 0 Å². The lowest BCUT2D eigenvalue weighted by molar-refractivity contribution is -0.376. The van der Waals surface area contributed by atoms with Crippen molar-refractivity contribution in [3.8, 4) is 0 Å². The van der Waals surface area contributed by atoms with Crippen molar-refractivity contribution in [2.75, 3.05) is 26.4 Å². The number of rotatable bonds is 13. The van der Waals surface area contributed by atoms with Crippen LogP contribution in [0.2, 0.25) is 0 Å². The summed E-state index contributed by atoms with van der Waals surface area (Å²) in [5.41, 5.74) is 1.17. The summed E-state index contributed by atoms with van der Waals surface area (Å²) in [6, 6.07) is 0. The minimum atomic E-state index is -1.79. The molecule has 374 valence electrons. The second-order valence-corrected chi connectivity index (χ2v) is 21.4. The van der Waals surface area contributed by atoms with Crippen molar-refractivity contribution in [2.45, 2.75) is 202 Å². The minimum Gasteiger partial charge on any atom is -0.494 e. The van der Waals surface area contributed by atoms with Crippen LogP contribution in [0, 0.1) is 46.3 Å². The summed E-state index contributed by atoms with van der Waals surface area (Å²) in [7, 11) is 0. The third kappa shape index (κ3) is 9.10. The molecule has 4 heterocycles. The molecule has 19 nitrogen and oxygen atoms in total. The van der Waals surface area contributed by atoms with Crippen molar-refractivity contribution in [2.24, 2.45) is 46.3 Å². The molecular formula is C46H76O19. The first-order valence-corrected chi connectivity index (χ1v) is 24.1. The van der Waals surface area contributed by atoms with Crippen molar-refractivity contribution in [3.05, 3.63) is 11.3 Å². The van der Waals surface area contributed by atoms with Gasteiger partial charge < -0.3 is 94.4 Å². The number of ether oxygens (including phenoxy) is 7. The average molecular weight is 933 g/mol. The first-order chi connectivity index (χ1) is 30.9. The maximum atomic E-state index is 11.9. The second-order valence-electron chi connectivity index (χ2n) is 21.4. The van der Waals surface area contributed by atoms with Gasteiger partial charge in [0.15, 0.2) is 18.9 Å². The Morgan fingerprint density at radius 2 is 1.23 bits per heavy atom. The Morgan fingerprint density at radius 1 is 0.646 bits per heavy atom. The average Bonchev–Trinajstić information content (AvgIpc) is 3.62. The van der Waals surface area contributed by atoms with Crippen molar-refractivity contribution in [1.82, 2.24) is 0 Å². The fourth-order valence-electron chi connectivity index (χ4n) is 14.0. The van der Waals surface area contributed by atoms with Crippen LogP contribution < -0.4 is 0 Å². The fraction of sp³-hybridized carbons (Fsp3) is 0.957. The third-order valence-corrected chi connectivity index (χ3v) is 17.7. The molecule has 4 aliphatic carbocycles. The molecule has 4 saturated carbocycles.